The van der Waals surface area contributed by atoms with Gasteiger partial charge in [-0.05, 0) is 6.42 Å². The SMILES string of the molecule is CCCCCCCCCCCCCCCCN(C(=O)CC(C(=O)O)S(=O)(=O)O)C(CC(=O)O)C(=O)O. The number of rotatable bonds is 23. The summed E-state index contributed by atoms with van der Waals surface area (Å²) in [4.78, 5) is 47.2. The quantitative estimate of drug-likeness (QED) is 0.110. The number of unbranched alkanes of at least 4 members (excludes halogenated alkanes) is 13. The lowest BCUT2D eigenvalue weighted by Gasteiger charge is -2.29. The van der Waals surface area contributed by atoms with Crippen LogP contribution in [0.5, 0.6) is 0 Å². The highest BCUT2D eigenvalue weighted by Crippen LogP contribution is 2.16. The number of nitrogens with zero attached hydrogens (tertiary/aromatic N) is 1. The first kappa shape index (κ1) is 33.8. The van der Waals surface area contributed by atoms with Crippen LogP contribution in [0.2, 0.25) is 0 Å². The first-order valence-electron chi connectivity index (χ1n) is 12.8. The normalized spacial score (nSPS) is 13.2. The van der Waals surface area contributed by atoms with E-state index >= 15 is 0 Å². The molecule has 0 aliphatic rings. The van der Waals surface area contributed by atoms with Gasteiger partial charge in [0.05, 0.1) is 12.8 Å². The van der Waals surface area contributed by atoms with Gasteiger partial charge < -0.3 is 20.2 Å². The van der Waals surface area contributed by atoms with Crippen molar-refractivity contribution in [2.24, 2.45) is 0 Å². The van der Waals surface area contributed by atoms with Crippen molar-refractivity contribution >= 4 is 33.9 Å². The maximum absolute atomic E-state index is 12.6. The molecule has 2 atom stereocenters. The third-order valence-corrected chi connectivity index (χ3v) is 7.18. The van der Waals surface area contributed by atoms with E-state index in [1.165, 1.54) is 51.4 Å². The van der Waals surface area contributed by atoms with Crippen LogP contribution in [0.3, 0.4) is 0 Å². The molecule has 4 N–H and O–H groups in total. The molecule has 0 fully saturated rings. The van der Waals surface area contributed by atoms with Gasteiger partial charge in [-0.25, -0.2) is 4.79 Å². The smallest absolute Gasteiger partial charge is 0.327 e. The second kappa shape index (κ2) is 19.0. The molecule has 36 heavy (non-hydrogen) atoms. The summed E-state index contributed by atoms with van der Waals surface area (Å²) < 4.78 is 31.7. The van der Waals surface area contributed by atoms with Crippen molar-refractivity contribution in [1.29, 1.82) is 0 Å². The van der Waals surface area contributed by atoms with Crippen LogP contribution in [0.1, 0.15) is 110 Å². The first-order valence-corrected chi connectivity index (χ1v) is 14.3. The fourth-order valence-corrected chi connectivity index (χ4v) is 4.63. The van der Waals surface area contributed by atoms with Crippen molar-refractivity contribution in [3.63, 3.8) is 0 Å². The lowest BCUT2D eigenvalue weighted by Crippen LogP contribution is -2.48. The zero-order chi connectivity index (χ0) is 27.6. The minimum atomic E-state index is -5.12. The Balaban J connectivity index is 4.63. The third kappa shape index (κ3) is 15.7. The summed E-state index contributed by atoms with van der Waals surface area (Å²) in [5.41, 5.74) is 0. The molecule has 0 saturated carbocycles. The van der Waals surface area contributed by atoms with Crippen molar-refractivity contribution in [3.05, 3.63) is 0 Å². The number of carboxylic acid groups (broad SMARTS) is 3. The number of amides is 1. The molecule has 2 unspecified atom stereocenters. The van der Waals surface area contributed by atoms with Crippen LogP contribution in [0.25, 0.3) is 0 Å². The lowest BCUT2D eigenvalue weighted by atomic mass is 10.0. The largest absolute Gasteiger partial charge is 0.481 e. The molecule has 11 nitrogen and oxygen atoms in total. The van der Waals surface area contributed by atoms with Gasteiger partial charge in [-0.3, -0.25) is 18.9 Å². The number of carbonyl (C=O) groups excluding carboxylic acids is 1. The zero-order valence-electron chi connectivity index (χ0n) is 21.3. The number of hydrogen-bond acceptors (Lipinski definition) is 6. The predicted molar refractivity (Wildman–Crippen MR) is 133 cm³/mol. The summed E-state index contributed by atoms with van der Waals surface area (Å²) in [6.45, 7) is 2.03. The van der Waals surface area contributed by atoms with Gasteiger partial charge in [0.2, 0.25) is 5.91 Å². The van der Waals surface area contributed by atoms with Crippen molar-refractivity contribution in [2.45, 2.75) is 121 Å². The van der Waals surface area contributed by atoms with Crippen molar-refractivity contribution in [1.82, 2.24) is 4.90 Å². The average Bonchev–Trinajstić information content (AvgIpc) is 2.77. The predicted octanol–water partition coefficient (Wildman–Crippen LogP) is 3.96. The Labute approximate surface area is 214 Å². The number of hydrogen-bond donors (Lipinski definition) is 4. The molecule has 0 aromatic heterocycles. The van der Waals surface area contributed by atoms with E-state index < -0.39 is 58.1 Å². The van der Waals surface area contributed by atoms with Crippen molar-refractivity contribution < 1.29 is 47.5 Å². The molecule has 0 aliphatic heterocycles. The molecule has 0 heterocycles. The fourth-order valence-electron chi connectivity index (χ4n) is 4.02. The minimum absolute atomic E-state index is 0.168. The maximum atomic E-state index is 12.6. The average molecular weight is 538 g/mol. The molecule has 210 valence electrons. The first-order chi connectivity index (χ1) is 16.9. The van der Waals surface area contributed by atoms with E-state index in [1.54, 1.807) is 0 Å². The Morgan fingerprint density at radius 3 is 1.42 bits per heavy atom. The highest BCUT2D eigenvalue weighted by atomic mass is 32.2. The summed E-state index contributed by atoms with van der Waals surface area (Å²) in [5.74, 6) is -6.21. The van der Waals surface area contributed by atoms with Gasteiger partial charge in [-0.15, -0.1) is 0 Å². The van der Waals surface area contributed by atoms with Crippen LogP contribution in [0.15, 0.2) is 0 Å². The van der Waals surface area contributed by atoms with Gasteiger partial charge in [0, 0.05) is 6.54 Å². The van der Waals surface area contributed by atoms with Crippen molar-refractivity contribution in [2.75, 3.05) is 6.54 Å². The molecule has 0 saturated heterocycles. The molecular formula is C24H43NO10S. The van der Waals surface area contributed by atoms with E-state index in [-0.39, 0.29) is 6.54 Å². The van der Waals surface area contributed by atoms with E-state index in [9.17, 15) is 32.7 Å². The summed E-state index contributed by atoms with van der Waals surface area (Å²) >= 11 is 0. The molecule has 0 aromatic rings. The number of aliphatic carboxylic acids is 3. The van der Waals surface area contributed by atoms with Crippen LogP contribution in [0.4, 0.5) is 0 Å². The Morgan fingerprint density at radius 2 is 1.08 bits per heavy atom. The Kier molecular flexibility index (Phi) is 17.8. The van der Waals surface area contributed by atoms with Crippen LogP contribution in [0, 0.1) is 0 Å². The maximum Gasteiger partial charge on any atom is 0.327 e. The van der Waals surface area contributed by atoms with Gasteiger partial charge in [-0.2, -0.15) is 8.42 Å². The Bertz CT molecular complexity index is 784. The van der Waals surface area contributed by atoms with Gasteiger partial charge in [0.1, 0.15) is 6.04 Å². The highest BCUT2D eigenvalue weighted by Gasteiger charge is 2.38. The highest BCUT2D eigenvalue weighted by molar-refractivity contribution is 7.87. The van der Waals surface area contributed by atoms with Gasteiger partial charge in [0.25, 0.3) is 10.1 Å². The fraction of sp³-hybridized carbons (Fsp3) is 0.833. The summed E-state index contributed by atoms with van der Waals surface area (Å²) in [7, 11) is -5.12. The summed E-state index contributed by atoms with van der Waals surface area (Å²) in [6, 6.07) is -1.78. The molecule has 12 heteroatoms. The molecule has 0 spiro atoms. The van der Waals surface area contributed by atoms with E-state index in [1.807, 2.05) is 0 Å². The monoisotopic (exact) mass is 537 g/mol. The van der Waals surface area contributed by atoms with Crippen LogP contribution in [-0.2, 0) is 29.3 Å². The second-order valence-electron chi connectivity index (χ2n) is 9.18. The standard InChI is InChI=1S/C24H43NO10S/c1-2-3-4-5-6-7-8-9-10-11-12-13-14-15-16-25(19(23(29)30)17-22(27)28)21(26)18-20(24(31)32)36(33,34)35/h19-20H,2-18H2,1H3,(H,27,28)(H,29,30)(H,31,32)(H,33,34,35). The number of carbonyl (C=O) groups is 4. The molecule has 0 aromatic carbocycles. The van der Waals surface area contributed by atoms with Crippen LogP contribution in [-0.4, -0.2) is 74.8 Å². The molecule has 1 amide bonds. The van der Waals surface area contributed by atoms with Gasteiger partial charge >= 0.3 is 17.9 Å². The molecule has 0 rings (SSSR count). The topological polar surface area (TPSA) is 187 Å². The molecule has 0 bridgehead atoms. The van der Waals surface area contributed by atoms with E-state index in [0.29, 0.717) is 17.7 Å². The van der Waals surface area contributed by atoms with Crippen molar-refractivity contribution in [3.8, 4) is 0 Å². The third-order valence-electron chi connectivity index (χ3n) is 6.10. The Morgan fingerprint density at radius 1 is 0.667 bits per heavy atom. The summed E-state index contributed by atoms with van der Waals surface area (Å²) in [5, 5.41) is 25.0. The van der Waals surface area contributed by atoms with E-state index in [4.69, 9.17) is 14.8 Å². The molecule has 0 aliphatic carbocycles. The minimum Gasteiger partial charge on any atom is -0.481 e. The lowest BCUT2D eigenvalue weighted by molar-refractivity contribution is -0.155. The van der Waals surface area contributed by atoms with E-state index in [2.05, 4.69) is 6.92 Å². The van der Waals surface area contributed by atoms with Crippen LogP contribution >= 0.6 is 0 Å². The van der Waals surface area contributed by atoms with Gasteiger partial charge in [0.15, 0.2) is 5.25 Å². The second-order valence-corrected chi connectivity index (χ2v) is 10.8. The van der Waals surface area contributed by atoms with Gasteiger partial charge in [-0.1, -0.05) is 90.4 Å². The zero-order valence-corrected chi connectivity index (χ0v) is 22.1. The summed E-state index contributed by atoms with van der Waals surface area (Å²) in [6.07, 6.45) is 13.0. The Hall–Kier alpha value is -2.21. The van der Waals surface area contributed by atoms with E-state index in [0.717, 1.165) is 25.7 Å². The van der Waals surface area contributed by atoms with Crippen LogP contribution < -0.4 is 0 Å². The molecule has 0 radical (unpaired) electrons. The molecular weight excluding hydrogens is 494 g/mol. The number of carboxylic acids is 3.